The first-order valence-electron chi connectivity index (χ1n) is 9.11. The van der Waals surface area contributed by atoms with Crippen LogP contribution >= 0.6 is 23.4 Å². The van der Waals surface area contributed by atoms with Crippen molar-refractivity contribution in [2.45, 2.75) is 28.3 Å². The average Bonchev–Trinajstić information content (AvgIpc) is 3.28. The monoisotopic (exact) mass is 426 g/mol. The largest absolute Gasteiger partial charge is 0.438 e. The van der Waals surface area contributed by atoms with Crippen molar-refractivity contribution in [2.24, 2.45) is 7.05 Å². The first-order chi connectivity index (χ1) is 14.1. The molecule has 5 rings (SSSR count). The van der Waals surface area contributed by atoms with Crippen LogP contribution in [0.1, 0.15) is 29.6 Å². The number of aromatic nitrogens is 5. The van der Waals surface area contributed by atoms with Crippen molar-refractivity contribution in [1.82, 2.24) is 20.1 Å². The number of nitrogens with one attached hydrogen (secondary N) is 2. The van der Waals surface area contributed by atoms with Crippen LogP contribution in [0.3, 0.4) is 0 Å². The standard InChI is InChI=1S/C20H16ClN5O2S/c1-26-10-23-17(19(26)29-16-7-6-13(21)9-22-16)12-4-2-11(3-5-12)14-8-15(14)18-24-20(27)28-25-18/h2-7,9-10,14-15H,8H2,1H3,(H,24,25,27)/p+1/t14-,15+/m1/s1. The van der Waals surface area contributed by atoms with Crippen LogP contribution in [0.15, 0.2) is 68.3 Å². The molecule has 0 saturated heterocycles. The number of H-pyrrole nitrogens is 2. The molecule has 0 unspecified atom stereocenters. The second-order valence-corrected chi connectivity index (χ2v) is 8.48. The summed E-state index contributed by atoms with van der Waals surface area (Å²) >= 11 is 7.52. The molecule has 29 heavy (non-hydrogen) atoms. The normalized spacial score (nSPS) is 18.1. The highest BCUT2D eigenvalue weighted by atomic mass is 35.5. The summed E-state index contributed by atoms with van der Waals surface area (Å²) in [5, 5.41) is 6.38. The molecule has 1 saturated carbocycles. The number of benzene rings is 1. The molecule has 2 N–H and O–H groups in total. The number of aryl methyl sites for hydroxylation is 1. The maximum atomic E-state index is 11.1. The minimum absolute atomic E-state index is 0.220. The van der Waals surface area contributed by atoms with Crippen molar-refractivity contribution in [2.75, 3.05) is 0 Å². The summed E-state index contributed by atoms with van der Waals surface area (Å²) < 4.78 is 6.66. The van der Waals surface area contributed by atoms with Crippen LogP contribution in [0.2, 0.25) is 5.02 Å². The Labute approximate surface area is 175 Å². The Morgan fingerprint density at radius 2 is 2.03 bits per heavy atom. The third-order valence-electron chi connectivity index (χ3n) is 5.06. The fourth-order valence-electron chi connectivity index (χ4n) is 3.47. The topological polar surface area (TPSA) is 91.5 Å². The highest BCUT2D eigenvalue weighted by Gasteiger charge is 2.42. The van der Waals surface area contributed by atoms with Gasteiger partial charge in [-0.1, -0.05) is 41.0 Å². The van der Waals surface area contributed by atoms with Gasteiger partial charge in [0.2, 0.25) is 11.4 Å². The Hall–Kier alpha value is -2.84. The molecule has 9 heteroatoms. The Kier molecular flexibility index (Phi) is 4.52. The van der Waals surface area contributed by atoms with Gasteiger partial charge in [0, 0.05) is 17.7 Å². The Balaban J connectivity index is 1.37. The van der Waals surface area contributed by atoms with Crippen LogP contribution in [0.4, 0.5) is 0 Å². The van der Waals surface area contributed by atoms with E-state index in [0.29, 0.717) is 16.8 Å². The van der Waals surface area contributed by atoms with Gasteiger partial charge in [0.25, 0.3) is 0 Å². The number of halogens is 1. The molecule has 1 aliphatic carbocycles. The lowest BCUT2D eigenvalue weighted by Crippen LogP contribution is -2.27. The van der Waals surface area contributed by atoms with E-state index in [1.165, 1.54) is 5.56 Å². The lowest BCUT2D eigenvalue weighted by Gasteiger charge is -2.03. The van der Waals surface area contributed by atoms with Crippen LogP contribution in [0.25, 0.3) is 11.3 Å². The Bertz CT molecular complexity index is 1210. The van der Waals surface area contributed by atoms with Gasteiger partial charge in [0.15, 0.2) is 11.5 Å². The van der Waals surface area contributed by atoms with Gasteiger partial charge in [-0.15, -0.1) is 0 Å². The molecule has 2 atom stereocenters. The van der Waals surface area contributed by atoms with E-state index in [9.17, 15) is 4.79 Å². The first-order valence-corrected chi connectivity index (χ1v) is 10.3. The molecule has 0 amide bonds. The highest BCUT2D eigenvalue weighted by molar-refractivity contribution is 7.99. The molecule has 4 aromatic rings. The lowest BCUT2D eigenvalue weighted by molar-refractivity contribution is -0.706. The number of aromatic amines is 2. The number of rotatable bonds is 5. The Morgan fingerprint density at radius 3 is 2.72 bits per heavy atom. The smallest absolute Gasteiger partial charge is 0.296 e. The summed E-state index contributed by atoms with van der Waals surface area (Å²) in [7, 11) is 2.00. The van der Waals surface area contributed by atoms with Crippen molar-refractivity contribution in [3.8, 4) is 11.3 Å². The van der Waals surface area contributed by atoms with Crippen molar-refractivity contribution in [3.63, 3.8) is 0 Å². The van der Waals surface area contributed by atoms with E-state index in [1.807, 2.05) is 30.1 Å². The van der Waals surface area contributed by atoms with E-state index in [0.717, 1.165) is 27.7 Å². The first kappa shape index (κ1) is 18.2. The predicted molar refractivity (Wildman–Crippen MR) is 108 cm³/mol. The number of imidazole rings is 1. The summed E-state index contributed by atoms with van der Waals surface area (Å²) in [6.07, 6.45) is 4.54. The number of hydrogen-bond acceptors (Lipinski definition) is 5. The van der Waals surface area contributed by atoms with E-state index >= 15 is 0 Å². The zero-order valence-electron chi connectivity index (χ0n) is 15.4. The third-order valence-corrected chi connectivity index (χ3v) is 6.42. The van der Waals surface area contributed by atoms with Gasteiger partial charge < -0.3 is 0 Å². The lowest BCUT2D eigenvalue weighted by atomic mass is 10.1. The number of pyridine rings is 1. The van der Waals surface area contributed by atoms with Gasteiger partial charge in [-0.2, -0.15) is 0 Å². The van der Waals surface area contributed by atoms with E-state index < -0.39 is 5.76 Å². The van der Waals surface area contributed by atoms with Crippen molar-refractivity contribution in [1.29, 1.82) is 0 Å². The van der Waals surface area contributed by atoms with E-state index in [2.05, 4.69) is 48.9 Å². The summed E-state index contributed by atoms with van der Waals surface area (Å²) in [4.78, 5) is 21.5. The molecule has 1 aromatic carbocycles. The van der Waals surface area contributed by atoms with E-state index in [4.69, 9.17) is 11.6 Å². The molecule has 3 aromatic heterocycles. The van der Waals surface area contributed by atoms with Crippen LogP contribution in [0, 0.1) is 0 Å². The quantitative estimate of drug-likeness (QED) is 0.475. The van der Waals surface area contributed by atoms with Gasteiger partial charge >= 0.3 is 5.76 Å². The van der Waals surface area contributed by atoms with E-state index in [-0.39, 0.29) is 5.92 Å². The molecular formula is C20H17ClN5O2S+. The molecule has 0 radical (unpaired) electrons. The maximum Gasteiger partial charge on any atom is 0.438 e. The van der Waals surface area contributed by atoms with Gasteiger partial charge in [-0.05, 0) is 41.8 Å². The van der Waals surface area contributed by atoms with Crippen LogP contribution < -0.4 is 10.3 Å². The third kappa shape index (κ3) is 3.61. The Morgan fingerprint density at radius 1 is 1.21 bits per heavy atom. The fourth-order valence-corrected chi connectivity index (χ4v) is 4.50. The molecular weight excluding hydrogens is 410 g/mol. The molecule has 7 nitrogen and oxygen atoms in total. The van der Waals surface area contributed by atoms with Gasteiger partial charge in [0.05, 0.1) is 12.1 Å². The van der Waals surface area contributed by atoms with Crippen LogP contribution in [-0.4, -0.2) is 20.1 Å². The number of hydrogen-bond donors (Lipinski definition) is 2. The SMILES string of the molecule is C[n+]1c[nH]c(-c2ccc([C@H]3C[C@@H]3c3noc(=O)[nH]3)cc2)c1Sc1ccc(Cl)cn1. The second-order valence-electron chi connectivity index (χ2n) is 7.03. The van der Waals surface area contributed by atoms with Crippen molar-refractivity contribution < 1.29 is 9.09 Å². The maximum absolute atomic E-state index is 11.1. The van der Waals surface area contributed by atoms with Gasteiger partial charge in [-0.25, -0.2) is 19.3 Å². The average molecular weight is 427 g/mol. The molecule has 146 valence electrons. The van der Waals surface area contributed by atoms with Crippen LogP contribution in [0.5, 0.6) is 0 Å². The summed E-state index contributed by atoms with van der Waals surface area (Å²) in [5.74, 6) is 0.713. The van der Waals surface area contributed by atoms with Gasteiger partial charge in [0.1, 0.15) is 5.03 Å². The molecule has 3 heterocycles. The van der Waals surface area contributed by atoms with Gasteiger partial charge in [-0.3, -0.25) is 9.51 Å². The molecule has 1 fully saturated rings. The van der Waals surface area contributed by atoms with E-state index in [1.54, 1.807) is 18.0 Å². The minimum Gasteiger partial charge on any atom is -0.296 e. The minimum atomic E-state index is -0.499. The summed E-state index contributed by atoms with van der Waals surface area (Å²) in [6.45, 7) is 0. The zero-order chi connectivity index (χ0) is 20.0. The summed E-state index contributed by atoms with van der Waals surface area (Å²) in [6, 6.07) is 12.2. The molecule has 0 spiro atoms. The summed E-state index contributed by atoms with van der Waals surface area (Å²) in [5.41, 5.74) is 3.36. The van der Waals surface area contributed by atoms with Crippen molar-refractivity contribution in [3.05, 3.63) is 75.9 Å². The number of nitrogens with zero attached hydrogens (tertiary/aromatic N) is 3. The fraction of sp³-hybridized carbons (Fsp3) is 0.200. The van der Waals surface area contributed by atoms with Crippen molar-refractivity contribution >= 4 is 23.4 Å². The highest BCUT2D eigenvalue weighted by Crippen LogP contribution is 2.53. The molecule has 0 aliphatic heterocycles. The predicted octanol–water partition coefficient (Wildman–Crippen LogP) is 3.65. The second kappa shape index (κ2) is 7.20. The zero-order valence-corrected chi connectivity index (χ0v) is 17.0. The molecule has 0 bridgehead atoms. The van der Waals surface area contributed by atoms with Crippen LogP contribution in [-0.2, 0) is 7.05 Å². The molecule has 1 aliphatic rings.